The van der Waals surface area contributed by atoms with Gasteiger partial charge in [-0.3, -0.25) is 0 Å². The van der Waals surface area contributed by atoms with Crippen LogP contribution >= 0.6 is 0 Å². The molecule has 0 heterocycles. The molecule has 0 nitrogen and oxygen atoms in total. The van der Waals surface area contributed by atoms with Crippen molar-refractivity contribution in [3.8, 4) is 0 Å². The van der Waals surface area contributed by atoms with Gasteiger partial charge in [0.05, 0.1) is 0 Å². The summed E-state index contributed by atoms with van der Waals surface area (Å²) in [6, 6.07) is 0. The molecule has 0 N–H and O–H groups in total. The standard InChI is InChI=1S/C18H26F4/c1-9(11-6-12-8-13(7-11)17(12,19)20)10(2)16-14-4-3-5-15(16)18(14,21)22/h9-16H,3-8H2,1-2H3/t9-,10-,11?,12?,13?,14?,15?,16?/m0/s1. The molecule has 5 fully saturated rings. The van der Waals surface area contributed by atoms with Crippen LogP contribution in [0.4, 0.5) is 17.6 Å². The zero-order chi connectivity index (χ0) is 15.9. The molecule has 5 aliphatic rings. The summed E-state index contributed by atoms with van der Waals surface area (Å²) in [6.07, 6.45) is 4.12. The van der Waals surface area contributed by atoms with Crippen molar-refractivity contribution >= 4 is 0 Å². The van der Waals surface area contributed by atoms with Gasteiger partial charge in [0.15, 0.2) is 0 Å². The van der Waals surface area contributed by atoms with Crippen LogP contribution in [0.5, 0.6) is 0 Å². The van der Waals surface area contributed by atoms with E-state index in [1.807, 2.05) is 0 Å². The predicted octanol–water partition coefficient (Wildman–Crippen LogP) is 5.62. The first kappa shape index (κ1) is 15.3. The fraction of sp³-hybridized carbons (Fsp3) is 1.00. The molecule has 0 aromatic heterocycles. The number of alkyl halides is 4. The molecule has 5 aliphatic carbocycles. The zero-order valence-corrected chi connectivity index (χ0v) is 13.4. The Bertz CT molecular complexity index is 432. The largest absolute Gasteiger partial charge is 0.254 e. The lowest BCUT2D eigenvalue weighted by Gasteiger charge is -2.60. The molecule has 6 atom stereocenters. The maximum Gasteiger partial charge on any atom is 0.254 e. The number of fused-ring (bicyclic) bond motifs is 4. The normalized spacial score (nSPS) is 50.5. The average Bonchev–Trinajstić information content (AvgIpc) is 2.52. The van der Waals surface area contributed by atoms with Crippen molar-refractivity contribution in [1.29, 1.82) is 0 Å². The Morgan fingerprint density at radius 3 is 1.77 bits per heavy atom. The van der Waals surface area contributed by atoms with Gasteiger partial charge in [0.1, 0.15) is 0 Å². The van der Waals surface area contributed by atoms with E-state index in [0.29, 0.717) is 43.9 Å². The third kappa shape index (κ3) is 1.81. The highest BCUT2D eigenvalue weighted by Crippen LogP contribution is 2.66. The molecule has 4 unspecified atom stereocenters. The van der Waals surface area contributed by atoms with E-state index in [2.05, 4.69) is 13.8 Å². The number of hydrogen-bond acceptors (Lipinski definition) is 0. The van der Waals surface area contributed by atoms with Gasteiger partial charge in [-0.1, -0.05) is 20.3 Å². The summed E-state index contributed by atoms with van der Waals surface area (Å²) in [4.78, 5) is 0. The molecule has 0 spiro atoms. The third-order valence-electron chi connectivity index (χ3n) is 7.96. The number of hydrogen-bond donors (Lipinski definition) is 0. The van der Waals surface area contributed by atoms with E-state index in [1.54, 1.807) is 0 Å². The van der Waals surface area contributed by atoms with Crippen LogP contribution in [-0.2, 0) is 0 Å². The summed E-state index contributed by atoms with van der Waals surface area (Å²) in [7, 11) is 0. The Hall–Kier alpha value is -0.280. The molecule has 22 heavy (non-hydrogen) atoms. The Labute approximate surface area is 130 Å². The predicted molar refractivity (Wildman–Crippen MR) is 76.9 cm³/mol. The van der Waals surface area contributed by atoms with E-state index >= 15 is 0 Å². The van der Waals surface area contributed by atoms with Gasteiger partial charge in [0.25, 0.3) is 11.8 Å². The highest BCUT2D eigenvalue weighted by atomic mass is 19.3. The Morgan fingerprint density at radius 2 is 1.32 bits per heavy atom. The van der Waals surface area contributed by atoms with Gasteiger partial charge in [0.2, 0.25) is 0 Å². The fourth-order valence-corrected chi connectivity index (χ4v) is 6.38. The summed E-state index contributed by atoms with van der Waals surface area (Å²) in [5.74, 6) is -5.69. The van der Waals surface area contributed by atoms with Crippen LogP contribution < -0.4 is 0 Å². The van der Waals surface area contributed by atoms with Crippen molar-refractivity contribution in [2.24, 2.45) is 47.3 Å². The summed E-state index contributed by atoms with van der Waals surface area (Å²) >= 11 is 0. The van der Waals surface area contributed by atoms with Crippen LogP contribution in [0.25, 0.3) is 0 Å². The highest BCUT2D eigenvalue weighted by Gasteiger charge is 2.67. The molecule has 5 saturated carbocycles. The van der Waals surface area contributed by atoms with Gasteiger partial charge in [-0.15, -0.1) is 0 Å². The van der Waals surface area contributed by atoms with Crippen molar-refractivity contribution in [3.05, 3.63) is 0 Å². The smallest absolute Gasteiger partial charge is 0.206 e. The summed E-state index contributed by atoms with van der Waals surface area (Å²) in [5.41, 5.74) is 0. The monoisotopic (exact) mass is 318 g/mol. The average molecular weight is 318 g/mol. The van der Waals surface area contributed by atoms with Crippen LogP contribution in [-0.4, -0.2) is 11.8 Å². The first-order chi connectivity index (χ1) is 10.2. The molecule has 0 aromatic carbocycles. The van der Waals surface area contributed by atoms with Crippen molar-refractivity contribution in [1.82, 2.24) is 0 Å². The summed E-state index contributed by atoms with van der Waals surface area (Å²) < 4.78 is 55.5. The second-order valence-corrected chi connectivity index (χ2v) is 8.65. The van der Waals surface area contributed by atoms with Crippen LogP contribution in [0.3, 0.4) is 0 Å². The molecule has 0 aliphatic heterocycles. The second-order valence-electron chi connectivity index (χ2n) is 8.65. The van der Waals surface area contributed by atoms with Crippen molar-refractivity contribution < 1.29 is 17.6 Å². The molecular weight excluding hydrogens is 292 g/mol. The maximum atomic E-state index is 14.0. The molecule has 0 amide bonds. The van der Waals surface area contributed by atoms with E-state index in [-0.39, 0.29) is 11.8 Å². The maximum absolute atomic E-state index is 14.0. The first-order valence-electron chi connectivity index (χ1n) is 9.00. The molecule has 4 bridgehead atoms. The first-order valence-corrected chi connectivity index (χ1v) is 9.00. The molecule has 5 rings (SSSR count). The lowest BCUT2D eigenvalue weighted by atomic mass is 9.47. The minimum atomic E-state index is -2.46. The summed E-state index contributed by atoms with van der Waals surface area (Å²) in [5, 5.41) is 0. The zero-order valence-electron chi connectivity index (χ0n) is 13.4. The molecular formula is C18H26F4. The number of rotatable bonds is 3. The van der Waals surface area contributed by atoms with Gasteiger partial charge in [-0.2, -0.15) is 0 Å². The molecule has 0 saturated heterocycles. The van der Waals surface area contributed by atoms with Crippen LogP contribution in [0.15, 0.2) is 0 Å². The van der Waals surface area contributed by atoms with E-state index in [1.165, 1.54) is 0 Å². The van der Waals surface area contributed by atoms with Gasteiger partial charge >= 0.3 is 0 Å². The minimum absolute atomic E-state index is 0.123. The minimum Gasteiger partial charge on any atom is -0.206 e. The van der Waals surface area contributed by atoms with Gasteiger partial charge in [-0.25, -0.2) is 17.6 Å². The lowest BCUT2D eigenvalue weighted by molar-refractivity contribution is -0.274. The molecule has 0 aromatic rings. The summed E-state index contributed by atoms with van der Waals surface area (Å²) in [6.45, 7) is 4.23. The third-order valence-corrected chi connectivity index (χ3v) is 7.96. The Kier molecular flexibility index (Phi) is 3.21. The van der Waals surface area contributed by atoms with E-state index in [0.717, 1.165) is 6.42 Å². The van der Waals surface area contributed by atoms with Gasteiger partial charge in [0, 0.05) is 23.7 Å². The Balaban J connectivity index is 1.43. The quantitative estimate of drug-likeness (QED) is 0.592. The molecule has 126 valence electrons. The van der Waals surface area contributed by atoms with E-state index < -0.39 is 35.5 Å². The van der Waals surface area contributed by atoms with Crippen molar-refractivity contribution in [3.63, 3.8) is 0 Å². The second kappa shape index (κ2) is 4.63. The highest BCUT2D eigenvalue weighted by molar-refractivity contribution is 5.09. The lowest BCUT2D eigenvalue weighted by Crippen LogP contribution is -2.62. The van der Waals surface area contributed by atoms with Gasteiger partial charge < -0.3 is 0 Å². The van der Waals surface area contributed by atoms with E-state index in [4.69, 9.17) is 0 Å². The SMILES string of the molecule is C[C@H](C1CC2CC(C1)C2(F)F)[C@H](C)C1C2CCCC1C2(F)F. The van der Waals surface area contributed by atoms with Crippen molar-refractivity contribution in [2.45, 2.75) is 64.2 Å². The van der Waals surface area contributed by atoms with E-state index in [9.17, 15) is 17.6 Å². The van der Waals surface area contributed by atoms with Crippen molar-refractivity contribution in [2.75, 3.05) is 0 Å². The van der Waals surface area contributed by atoms with Gasteiger partial charge in [-0.05, 0) is 55.8 Å². The fourth-order valence-electron chi connectivity index (χ4n) is 6.38. The molecule has 0 radical (unpaired) electrons. The van der Waals surface area contributed by atoms with Crippen LogP contribution in [0.1, 0.15) is 52.4 Å². The van der Waals surface area contributed by atoms with Crippen LogP contribution in [0.2, 0.25) is 0 Å². The topological polar surface area (TPSA) is 0 Å². The Morgan fingerprint density at radius 1 is 0.773 bits per heavy atom. The van der Waals surface area contributed by atoms with Crippen LogP contribution in [0, 0.1) is 47.3 Å². The number of halogens is 4. The molecule has 4 heteroatoms.